The van der Waals surface area contributed by atoms with Gasteiger partial charge >= 0.3 is 0 Å². The van der Waals surface area contributed by atoms with Crippen molar-refractivity contribution in [3.8, 4) is 0 Å². The molecule has 3 rings (SSSR count). The smallest absolute Gasteiger partial charge is 0.223 e. The number of aromatic amines is 1. The van der Waals surface area contributed by atoms with Crippen molar-refractivity contribution in [3.05, 3.63) is 12.3 Å². The predicted molar refractivity (Wildman–Crippen MR) is 71.1 cm³/mol. The lowest BCUT2D eigenvalue weighted by Crippen LogP contribution is -2.00. The van der Waals surface area contributed by atoms with Crippen LogP contribution in [0.2, 0.25) is 0 Å². The van der Waals surface area contributed by atoms with E-state index in [4.69, 9.17) is 17.2 Å². The summed E-state index contributed by atoms with van der Waals surface area (Å²) in [6.07, 6.45) is 1.60. The highest BCUT2D eigenvalue weighted by atomic mass is 32.2. The van der Waals surface area contributed by atoms with E-state index in [0.29, 0.717) is 27.5 Å². The highest BCUT2D eigenvalue weighted by Crippen LogP contribution is 2.29. The van der Waals surface area contributed by atoms with E-state index in [0.717, 1.165) is 5.39 Å². The highest BCUT2D eigenvalue weighted by molar-refractivity contribution is 7.99. The minimum absolute atomic E-state index is 0.135. The molecule has 0 aliphatic heterocycles. The van der Waals surface area contributed by atoms with Gasteiger partial charge in [0.25, 0.3) is 0 Å². The van der Waals surface area contributed by atoms with Crippen LogP contribution in [0.25, 0.3) is 11.0 Å². The van der Waals surface area contributed by atoms with Crippen molar-refractivity contribution < 1.29 is 0 Å². The maximum Gasteiger partial charge on any atom is 0.223 e. The second-order valence-electron chi connectivity index (χ2n) is 3.62. The number of nitrogens with two attached hydrogens (primary N) is 3. The summed E-state index contributed by atoms with van der Waals surface area (Å²) in [6.45, 7) is 0. The van der Waals surface area contributed by atoms with Gasteiger partial charge in [-0.05, 0) is 11.8 Å². The van der Waals surface area contributed by atoms with Gasteiger partial charge in [0, 0.05) is 6.07 Å². The Balaban J connectivity index is 2.07. The van der Waals surface area contributed by atoms with E-state index < -0.39 is 0 Å². The first-order chi connectivity index (χ1) is 9.11. The summed E-state index contributed by atoms with van der Waals surface area (Å²) in [7, 11) is 0. The highest BCUT2D eigenvalue weighted by Gasteiger charge is 2.12. The van der Waals surface area contributed by atoms with Crippen LogP contribution in [0.5, 0.6) is 0 Å². The number of rotatable bonds is 2. The van der Waals surface area contributed by atoms with Crippen molar-refractivity contribution >= 4 is 40.4 Å². The van der Waals surface area contributed by atoms with Gasteiger partial charge in [0.05, 0.1) is 11.6 Å². The fourth-order valence-electron chi connectivity index (χ4n) is 1.50. The van der Waals surface area contributed by atoms with Gasteiger partial charge in [-0.25, -0.2) is 15.0 Å². The normalized spacial score (nSPS) is 10.9. The third-order valence-corrected chi connectivity index (χ3v) is 3.09. The molecule has 3 aromatic rings. The fourth-order valence-corrected chi connectivity index (χ4v) is 2.37. The topological polar surface area (TPSA) is 158 Å². The van der Waals surface area contributed by atoms with Crippen molar-refractivity contribution in [3.63, 3.8) is 0 Å². The van der Waals surface area contributed by atoms with Crippen LogP contribution in [0.4, 0.5) is 17.6 Å². The molecule has 0 aromatic carbocycles. The summed E-state index contributed by atoms with van der Waals surface area (Å²) < 4.78 is 0. The lowest BCUT2D eigenvalue weighted by molar-refractivity contribution is 0.978. The Morgan fingerprint density at radius 3 is 2.47 bits per heavy atom. The summed E-state index contributed by atoms with van der Waals surface area (Å²) in [5, 5.41) is 8.32. The van der Waals surface area contributed by atoms with E-state index in [-0.39, 0.29) is 5.95 Å². The largest absolute Gasteiger partial charge is 0.383 e. The minimum Gasteiger partial charge on any atom is -0.383 e. The molecule has 0 saturated heterocycles. The molecule has 7 N–H and O–H groups in total. The van der Waals surface area contributed by atoms with Crippen LogP contribution < -0.4 is 17.2 Å². The molecule has 10 heteroatoms. The number of aromatic nitrogens is 6. The lowest BCUT2D eigenvalue weighted by atomic mass is 10.4. The number of anilines is 3. The van der Waals surface area contributed by atoms with Crippen molar-refractivity contribution in [2.45, 2.75) is 10.2 Å². The molecule has 3 aromatic heterocycles. The molecule has 0 fully saturated rings. The van der Waals surface area contributed by atoms with E-state index in [2.05, 4.69) is 30.1 Å². The molecule has 0 saturated carbocycles. The molecular formula is C9H9N9S. The fraction of sp³-hybridized carbons (Fsp3) is 0. The second-order valence-corrected chi connectivity index (χ2v) is 4.58. The van der Waals surface area contributed by atoms with Crippen molar-refractivity contribution in [1.82, 2.24) is 30.1 Å². The van der Waals surface area contributed by atoms with Gasteiger partial charge in [-0.1, -0.05) is 0 Å². The molecule has 0 aliphatic carbocycles. The predicted octanol–water partition coefficient (Wildman–Crippen LogP) is 0.0407. The Bertz CT molecular complexity index is 732. The summed E-state index contributed by atoms with van der Waals surface area (Å²) >= 11 is 1.19. The Morgan fingerprint density at radius 1 is 1.00 bits per heavy atom. The molecule has 19 heavy (non-hydrogen) atoms. The first-order valence-electron chi connectivity index (χ1n) is 5.16. The third kappa shape index (κ3) is 2.20. The summed E-state index contributed by atoms with van der Waals surface area (Å²) in [5.74, 6) is 0.719. The van der Waals surface area contributed by atoms with Gasteiger partial charge in [-0.3, -0.25) is 5.10 Å². The van der Waals surface area contributed by atoms with E-state index >= 15 is 0 Å². The first-order valence-corrected chi connectivity index (χ1v) is 5.98. The molecule has 9 nitrogen and oxygen atoms in total. The zero-order chi connectivity index (χ0) is 13.4. The van der Waals surface area contributed by atoms with Crippen LogP contribution in [0.3, 0.4) is 0 Å². The average Bonchev–Trinajstić information content (AvgIpc) is 2.75. The monoisotopic (exact) mass is 275 g/mol. The summed E-state index contributed by atoms with van der Waals surface area (Å²) in [4.78, 5) is 16.3. The number of hydrogen-bond donors (Lipinski definition) is 4. The molecule has 3 heterocycles. The molecule has 0 unspecified atom stereocenters. The quantitative estimate of drug-likeness (QED) is 0.374. The SMILES string of the molecule is Nc1cc(N)nc(Sc2nc(N)nc3[nH]ncc23)n1. The van der Waals surface area contributed by atoms with E-state index in [1.807, 2.05) is 0 Å². The number of nitrogen functional groups attached to an aromatic ring is 3. The number of nitrogens with one attached hydrogen (secondary N) is 1. The zero-order valence-corrected chi connectivity index (χ0v) is 10.3. The van der Waals surface area contributed by atoms with E-state index in [9.17, 15) is 0 Å². The summed E-state index contributed by atoms with van der Waals surface area (Å²) in [6, 6.07) is 1.48. The maximum atomic E-state index is 5.62. The molecule has 0 aliphatic rings. The molecule has 0 spiro atoms. The number of fused-ring (bicyclic) bond motifs is 1. The van der Waals surface area contributed by atoms with Gasteiger partial charge < -0.3 is 17.2 Å². The molecule has 96 valence electrons. The zero-order valence-electron chi connectivity index (χ0n) is 9.53. The van der Waals surface area contributed by atoms with Crippen LogP contribution in [0.1, 0.15) is 0 Å². The molecule has 0 radical (unpaired) electrons. The maximum absolute atomic E-state index is 5.62. The van der Waals surface area contributed by atoms with Crippen molar-refractivity contribution in [1.29, 1.82) is 0 Å². The Morgan fingerprint density at radius 2 is 1.74 bits per heavy atom. The minimum atomic E-state index is 0.135. The first kappa shape index (κ1) is 11.5. The van der Waals surface area contributed by atoms with Crippen molar-refractivity contribution in [2.24, 2.45) is 0 Å². The van der Waals surface area contributed by atoms with Gasteiger partial charge in [-0.2, -0.15) is 10.1 Å². The standard InChI is InChI=1S/C9H9N9S/c10-4-1-5(11)15-9(14-4)19-7-3-2-13-18-6(3)16-8(12)17-7/h1-2H,(H4,10,11,14,15)(H3,12,13,16,17,18). The Labute approximate surface area is 111 Å². The molecule has 0 amide bonds. The van der Waals surface area contributed by atoms with Crippen LogP contribution >= 0.6 is 11.8 Å². The number of H-pyrrole nitrogens is 1. The third-order valence-electron chi connectivity index (χ3n) is 2.23. The van der Waals surface area contributed by atoms with Crippen LogP contribution in [0, 0.1) is 0 Å². The molecule has 0 bridgehead atoms. The van der Waals surface area contributed by atoms with Gasteiger partial charge in [0.2, 0.25) is 5.95 Å². The lowest BCUT2D eigenvalue weighted by Gasteiger charge is -2.03. The Kier molecular flexibility index (Phi) is 2.56. The van der Waals surface area contributed by atoms with Gasteiger partial charge in [-0.15, -0.1) is 0 Å². The molecule has 0 atom stereocenters. The van der Waals surface area contributed by atoms with Gasteiger partial charge in [0.1, 0.15) is 16.7 Å². The number of hydrogen-bond acceptors (Lipinski definition) is 9. The summed E-state index contributed by atoms with van der Waals surface area (Å²) in [5.41, 5.74) is 17.4. The second kappa shape index (κ2) is 4.24. The molecular weight excluding hydrogens is 266 g/mol. The van der Waals surface area contributed by atoms with E-state index in [1.165, 1.54) is 17.8 Å². The van der Waals surface area contributed by atoms with Gasteiger partial charge in [0.15, 0.2) is 10.8 Å². The average molecular weight is 275 g/mol. The van der Waals surface area contributed by atoms with E-state index in [1.54, 1.807) is 6.20 Å². The number of nitrogens with zero attached hydrogens (tertiary/aromatic N) is 5. The van der Waals surface area contributed by atoms with Crippen molar-refractivity contribution in [2.75, 3.05) is 17.2 Å². The Hall–Kier alpha value is -2.62. The van der Waals surface area contributed by atoms with Crippen LogP contribution in [0.15, 0.2) is 22.4 Å². The van der Waals surface area contributed by atoms with Crippen LogP contribution in [-0.4, -0.2) is 30.1 Å². The van der Waals surface area contributed by atoms with Crippen LogP contribution in [-0.2, 0) is 0 Å².